The molecule has 1 N–H and O–H groups in total. The quantitative estimate of drug-likeness (QED) is 0.253. The number of thioether (sulfide) groups is 1. The Kier molecular flexibility index (Phi) is 5.79. The van der Waals surface area contributed by atoms with E-state index in [1.54, 1.807) is 24.4 Å². The van der Waals surface area contributed by atoms with Crippen LogP contribution < -0.4 is 9.47 Å². The second kappa shape index (κ2) is 8.08. The maximum Gasteiger partial charge on any atom is 0.573 e. The van der Waals surface area contributed by atoms with E-state index in [0.717, 1.165) is 22.6 Å². The van der Waals surface area contributed by atoms with Crippen molar-refractivity contribution in [3.05, 3.63) is 47.7 Å². The molecule has 0 fully saturated rings. The van der Waals surface area contributed by atoms with E-state index in [-0.39, 0.29) is 17.6 Å². The number of fused-ring (bicyclic) bond motifs is 1. The van der Waals surface area contributed by atoms with Gasteiger partial charge in [0.15, 0.2) is 0 Å². The molecule has 144 valence electrons. The van der Waals surface area contributed by atoms with E-state index in [0.29, 0.717) is 18.6 Å². The van der Waals surface area contributed by atoms with Crippen LogP contribution in [0.2, 0.25) is 0 Å². The third-order valence-electron chi connectivity index (χ3n) is 4.24. The minimum Gasteiger partial charge on any atom is -0.438 e. The molecule has 1 aliphatic rings. The Morgan fingerprint density at radius 3 is 2.70 bits per heavy atom. The first-order valence-electron chi connectivity index (χ1n) is 8.15. The van der Waals surface area contributed by atoms with E-state index in [9.17, 15) is 18.4 Å². The van der Waals surface area contributed by atoms with Gasteiger partial charge in [-0.1, -0.05) is 11.2 Å². The number of ether oxygens (including phenoxy) is 2. The molecule has 0 bridgehead atoms. The number of halogens is 3. The Balaban J connectivity index is 1.67. The molecule has 5 nitrogen and oxygen atoms in total. The zero-order chi connectivity index (χ0) is 19.4. The summed E-state index contributed by atoms with van der Waals surface area (Å²) >= 11 is 1.50. The lowest BCUT2D eigenvalue weighted by molar-refractivity contribution is -0.274. The molecule has 0 aliphatic heterocycles. The summed E-state index contributed by atoms with van der Waals surface area (Å²) in [6, 6.07) is 7.85. The Morgan fingerprint density at radius 1 is 1.30 bits per heavy atom. The predicted octanol–water partition coefficient (Wildman–Crippen LogP) is 4.99. The van der Waals surface area contributed by atoms with Gasteiger partial charge in [-0.15, -0.1) is 24.9 Å². The highest BCUT2D eigenvalue weighted by molar-refractivity contribution is 7.98. The second-order valence-corrected chi connectivity index (χ2v) is 6.81. The summed E-state index contributed by atoms with van der Waals surface area (Å²) in [5, 5.41) is 13.3. The van der Waals surface area contributed by atoms with Gasteiger partial charge >= 0.3 is 6.36 Å². The first-order valence-corrected chi connectivity index (χ1v) is 9.38. The van der Waals surface area contributed by atoms with Gasteiger partial charge in [0, 0.05) is 6.42 Å². The molecule has 9 heteroatoms. The molecule has 1 aliphatic carbocycles. The molecule has 3 rings (SSSR count). The van der Waals surface area contributed by atoms with Gasteiger partial charge in [0.1, 0.15) is 11.5 Å². The lowest BCUT2D eigenvalue weighted by Crippen LogP contribution is -2.17. The summed E-state index contributed by atoms with van der Waals surface area (Å²) in [4.78, 5) is 4.19. The molecule has 0 saturated carbocycles. The maximum absolute atomic E-state index is 12.4. The standard InChI is InChI=1S/C18H17F3N2O3S/c1-27-17-7-5-14(10-22-17)25-16(23-24)9-12-3-2-11-8-13(4-6-15(11)12)26-18(19,20)21/h4-8,10,12,24H,2-3,9H2,1H3/b23-16+. The summed E-state index contributed by atoms with van der Waals surface area (Å²) in [7, 11) is 0. The van der Waals surface area contributed by atoms with Crippen LogP contribution in [0.25, 0.3) is 0 Å². The van der Waals surface area contributed by atoms with Gasteiger partial charge in [0.25, 0.3) is 0 Å². The minimum absolute atomic E-state index is 0.00994. The summed E-state index contributed by atoms with van der Waals surface area (Å²) in [5.74, 6) is 0.341. The monoisotopic (exact) mass is 398 g/mol. The Labute approximate surface area is 158 Å². The molecule has 27 heavy (non-hydrogen) atoms. The number of nitrogens with zero attached hydrogens (tertiary/aromatic N) is 2. The van der Waals surface area contributed by atoms with E-state index in [1.807, 2.05) is 6.26 Å². The van der Waals surface area contributed by atoms with Crippen LogP contribution in [0.15, 0.2) is 46.7 Å². The fraction of sp³-hybridized carbons (Fsp3) is 0.333. The molecular weight excluding hydrogens is 381 g/mol. The molecule has 1 aromatic carbocycles. The minimum atomic E-state index is -4.71. The SMILES string of the molecule is CSc1ccc(O/C(CC2CCc3cc(OC(F)(F)F)ccc32)=N/O)cn1. The molecule has 0 saturated heterocycles. The number of benzene rings is 1. The summed E-state index contributed by atoms with van der Waals surface area (Å²) in [6.07, 6.45) is 0.408. The highest BCUT2D eigenvalue weighted by Gasteiger charge is 2.32. The van der Waals surface area contributed by atoms with Crippen LogP contribution in [0, 0.1) is 0 Å². The smallest absolute Gasteiger partial charge is 0.438 e. The number of hydrogen-bond acceptors (Lipinski definition) is 6. The fourth-order valence-electron chi connectivity index (χ4n) is 3.09. The van der Waals surface area contributed by atoms with Gasteiger partial charge in [0.2, 0.25) is 5.90 Å². The molecule has 1 atom stereocenters. The number of aromatic nitrogens is 1. The fourth-order valence-corrected chi connectivity index (χ4v) is 3.45. The van der Waals surface area contributed by atoms with Gasteiger partial charge in [0.05, 0.1) is 11.2 Å². The molecule has 1 aromatic heterocycles. The van der Waals surface area contributed by atoms with E-state index < -0.39 is 6.36 Å². The predicted molar refractivity (Wildman–Crippen MR) is 94.7 cm³/mol. The Morgan fingerprint density at radius 2 is 2.07 bits per heavy atom. The molecule has 0 amide bonds. The van der Waals surface area contributed by atoms with Crippen molar-refractivity contribution in [2.45, 2.75) is 36.6 Å². The summed E-state index contributed by atoms with van der Waals surface area (Å²) in [6.45, 7) is 0. The summed E-state index contributed by atoms with van der Waals surface area (Å²) in [5.41, 5.74) is 1.70. The number of alkyl halides is 3. The molecule has 1 unspecified atom stereocenters. The van der Waals surface area contributed by atoms with Gasteiger partial charge in [-0.3, -0.25) is 0 Å². The molecule has 0 spiro atoms. The van der Waals surface area contributed by atoms with Crippen molar-refractivity contribution in [1.29, 1.82) is 0 Å². The normalized spacial score (nSPS) is 16.9. The lowest BCUT2D eigenvalue weighted by atomic mass is 9.97. The molecular formula is C18H17F3N2O3S. The zero-order valence-electron chi connectivity index (χ0n) is 14.4. The van der Waals surface area contributed by atoms with Crippen LogP contribution in [0.1, 0.15) is 29.9 Å². The summed E-state index contributed by atoms with van der Waals surface area (Å²) < 4.78 is 46.6. The second-order valence-electron chi connectivity index (χ2n) is 5.98. The van der Waals surface area contributed by atoms with Crippen molar-refractivity contribution in [3.63, 3.8) is 0 Å². The first kappa shape index (κ1) is 19.3. The van der Waals surface area contributed by atoms with E-state index in [1.165, 1.54) is 23.9 Å². The third-order valence-corrected chi connectivity index (χ3v) is 4.90. The van der Waals surface area contributed by atoms with Crippen LogP contribution in [0.3, 0.4) is 0 Å². The van der Waals surface area contributed by atoms with Gasteiger partial charge in [-0.25, -0.2) is 4.98 Å². The van der Waals surface area contributed by atoms with E-state index in [2.05, 4.69) is 14.9 Å². The Hall–Kier alpha value is -2.42. The van der Waals surface area contributed by atoms with Gasteiger partial charge < -0.3 is 14.7 Å². The van der Waals surface area contributed by atoms with Crippen molar-refractivity contribution in [3.8, 4) is 11.5 Å². The molecule has 2 aromatic rings. The van der Waals surface area contributed by atoms with Gasteiger partial charge in [-0.05, 0) is 60.4 Å². The first-order chi connectivity index (χ1) is 12.9. The van der Waals surface area contributed by atoms with Crippen LogP contribution in [-0.2, 0) is 6.42 Å². The number of pyridine rings is 1. The molecule has 1 heterocycles. The average Bonchev–Trinajstić information content (AvgIpc) is 3.02. The molecule has 0 radical (unpaired) electrons. The van der Waals surface area contributed by atoms with Crippen molar-refractivity contribution in [1.82, 2.24) is 4.98 Å². The van der Waals surface area contributed by atoms with Crippen molar-refractivity contribution < 1.29 is 27.9 Å². The van der Waals surface area contributed by atoms with Crippen LogP contribution in [-0.4, -0.2) is 28.7 Å². The van der Waals surface area contributed by atoms with Gasteiger partial charge in [-0.2, -0.15) is 0 Å². The van der Waals surface area contributed by atoms with Crippen molar-refractivity contribution >= 4 is 17.7 Å². The number of rotatable bonds is 5. The highest BCUT2D eigenvalue weighted by atomic mass is 32.2. The largest absolute Gasteiger partial charge is 0.573 e. The lowest BCUT2D eigenvalue weighted by Gasteiger charge is -2.14. The van der Waals surface area contributed by atoms with Crippen LogP contribution >= 0.6 is 11.8 Å². The number of aryl methyl sites for hydroxylation is 1. The average molecular weight is 398 g/mol. The van der Waals surface area contributed by atoms with Crippen LogP contribution in [0.5, 0.6) is 11.5 Å². The topological polar surface area (TPSA) is 63.9 Å². The van der Waals surface area contributed by atoms with Crippen molar-refractivity contribution in [2.75, 3.05) is 6.26 Å². The zero-order valence-corrected chi connectivity index (χ0v) is 15.2. The van der Waals surface area contributed by atoms with Crippen LogP contribution in [0.4, 0.5) is 13.2 Å². The number of hydrogen-bond donors (Lipinski definition) is 1. The van der Waals surface area contributed by atoms with E-state index in [4.69, 9.17) is 4.74 Å². The highest BCUT2D eigenvalue weighted by Crippen LogP contribution is 2.38. The number of oxime groups is 1. The van der Waals surface area contributed by atoms with E-state index >= 15 is 0 Å². The van der Waals surface area contributed by atoms with Crippen molar-refractivity contribution in [2.24, 2.45) is 5.16 Å². The maximum atomic E-state index is 12.4. The third kappa shape index (κ3) is 5.06. The Bertz CT molecular complexity index is 826.